The van der Waals surface area contributed by atoms with E-state index in [0.29, 0.717) is 11.2 Å². The minimum absolute atomic E-state index is 0.0298. The first-order chi connectivity index (χ1) is 9.74. The summed E-state index contributed by atoms with van der Waals surface area (Å²) in [5.41, 5.74) is 0.624. The van der Waals surface area contributed by atoms with Gasteiger partial charge in [0.25, 0.3) is 5.56 Å². The summed E-state index contributed by atoms with van der Waals surface area (Å²) in [6.45, 7) is 2.01. The van der Waals surface area contributed by atoms with Gasteiger partial charge in [-0.25, -0.2) is 9.97 Å². The molecular formula is C15H13N3OS. The van der Waals surface area contributed by atoms with E-state index in [2.05, 4.69) is 15.0 Å². The molecule has 20 heavy (non-hydrogen) atoms. The highest BCUT2D eigenvalue weighted by Gasteiger charge is 2.12. The van der Waals surface area contributed by atoms with E-state index in [1.807, 2.05) is 43.3 Å². The summed E-state index contributed by atoms with van der Waals surface area (Å²) in [5, 5.41) is 1.56. The van der Waals surface area contributed by atoms with Gasteiger partial charge in [0.2, 0.25) is 0 Å². The van der Waals surface area contributed by atoms with Crippen molar-refractivity contribution in [2.45, 2.75) is 17.2 Å². The molecule has 3 aromatic rings. The molecule has 0 amide bonds. The maximum Gasteiger partial charge on any atom is 0.258 e. The Bertz CT molecular complexity index is 786. The molecule has 1 atom stereocenters. The van der Waals surface area contributed by atoms with Crippen molar-refractivity contribution in [3.63, 3.8) is 0 Å². The lowest BCUT2D eigenvalue weighted by molar-refractivity contribution is 0.918. The maximum atomic E-state index is 12.0. The van der Waals surface area contributed by atoms with Crippen molar-refractivity contribution in [2.24, 2.45) is 0 Å². The Morgan fingerprint density at radius 2 is 1.95 bits per heavy atom. The van der Waals surface area contributed by atoms with Crippen molar-refractivity contribution < 1.29 is 0 Å². The van der Waals surface area contributed by atoms with Crippen molar-refractivity contribution in [1.29, 1.82) is 0 Å². The van der Waals surface area contributed by atoms with E-state index in [-0.39, 0.29) is 10.8 Å². The van der Waals surface area contributed by atoms with Crippen LogP contribution >= 0.6 is 11.8 Å². The number of hydrogen-bond acceptors (Lipinski definition) is 4. The van der Waals surface area contributed by atoms with Gasteiger partial charge in [-0.15, -0.1) is 0 Å². The largest absolute Gasteiger partial charge is 0.309 e. The molecule has 100 valence electrons. The van der Waals surface area contributed by atoms with Crippen LogP contribution < -0.4 is 5.56 Å². The predicted octanol–water partition coefficient (Wildman–Crippen LogP) is 3.17. The van der Waals surface area contributed by atoms with Gasteiger partial charge in [-0.1, -0.05) is 30.0 Å². The quantitative estimate of drug-likeness (QED) is 0.750. The van der Waals surface area contributed by atoms with E-state index in [1.165, 1.54) is 0 Å². The Hall–Kier alpha value is -2.14. The fourth-order valence-electron chi connectivity index (χ4n) is 1.95. The van der Waals surface area contributed by atoms with Gasteiger partial charge >= 0.3 is 0 Å². The number of fused-ring (bicyclic) bond motifs is 1. The number of para-hydroxylation sites is 1. The normalized spacial score (nSPS) is 12.4. The highest BCUT2D eigenvalue weighted by atomic mass is 32.2. The topological polar surface area (TPSA) is 58.6 Å². The summed E-state index contributed by atoms with van der Waals surface area (Å²) in [5.74, 6) is 0.671. The zero-order valence-corrected chi connectivity index (χ0v) is 11.7. The van der Waals surface area contributed by atoms with Crippen LogP contribution in [0.4, 0.5) is 0 Å². The van der Waals surface area contributed by atoms with Crippen LogP contribution in [0.25, 0.3) is 10.9 Å². The van der Waals surface area contributed by atoms with Crippen LogP contribution in [-0.2, 0) is 0 Å². The first kappa shape index (κ1) is 12.9. The molecule has 0 aliphatic carbocycles. The van der Waals surface area contributed by atoms with Crippen LogP contribution in [0, 0.1) is 0 Å². The van der Waals surface area contributed by atoms with Crippen molar-refractivity contribution in [2.75, 3.05) is 0 Å². The molecule has 5 heteroatoms. The minimum Gasteiger partial charge on any atom is -0.309 e. The van der Waals surface area contributed by atoms with Gasteiger partial charge < -0.3 is 4.98 Å². The number of thioether (sulfide) groups is 1. The van der Waals surface area contributed by atoms with Gasteiger partial charge in [0, 0.05) is 6.20 Å². The smallest absolute Gasteiger partial charge is 0.258 e. The molecule has 0 aliphatic heterocycles. The second-order valence-electron chi connectivity index (χ2n) is 4.40. The molecule has 2 aromatic heterocycles. The van der Waals surface area contributed by atoms with E-state index in [4.69, 9.17) is 0 Å². The summed E-state index contributed by atoms with van der Waals surface area (Å²) in [6, 6.07) is 13.1. The maximum absolute atomic E-state index is 12.0. The molecule has 0 saturated heterocycles. The van der Waals surface area contributed by atoms with Crippen LogP contribution in [-0.4, -0.2) is 15.0 Å². The molecular weight excluding hydrogens is 270 g/mol. The molecule has 1 N–H and O–H groups in total. The highest BCUT2D eigenvalue weighted by molar-refractivity contribution is 7.99. The van der Waals surface area contributed by atoms with Gasteiger partial charge in [-0.05, 0) is 31.2 Å². The molecule has 0 bridgehead atoms. The molecule has 2 heterocycles. The number of nitrogens with zero attached hydrogens (tertiary/aromatic N) is 2. The zero-order valence-electron chi connectivity index (χ0n) is 10.9. The summed E-state index contributed by atoms with van der Waals surface area (Å²) >= 11 is 1.57. The molecule has 0 saturated carbocycles. The summed E-state index contributed by atoms with van der Waals surface area (Å²) < 4.78 is 0. The lowest BCUT2D eigenvalue weighted by Crippen LogP contribution is -2.12. The fraction of sp³-hybridized carbons (Fsp3) is 0.133. The number of nitrogens with one attached hydrogen (secondary N) is 1. The third-order valence-corrected chi connectivity index (χ3v) is 4.01. The Morgan fingerprint density at radius 1 is 1.15 bits per heavy atom. The molecule has 0 radical (unpaired) electrons. The van der Waals surface area contributed by atoms with Gasteiger partial charge in [0.1, 0.15) is 5.82 Å². The molecule has 1 unspecified atom stereocenters. The number of rotatable bonds is 3. The van der Waals surface area contributed by atoms with E-state index < -0.39 is 0 Å². The van der Waals surface area contributed by atoms with Gasteiger partial charge in [-0.2, -0.15) is 0 Å². The van der Waals surface area contributed by atoms with Crippen LogP contribution in [0.15, 0.2) is 58.5 Å². The van der Waals surface area contributed by atoms with Crippen molar-refractivity contribution in [3.05, 3.63) is 64.8 Å². The van der Waals surface area contributed by atoms with Crippen molar-refractivity contribution in [3.8, 4) is 0 Å². The number of hydrogen-bond donors (Lipinski definition) is 1. The van der Waals surface area contributed by atoms with Gasteiger partial charge in [0.15, 0.2) is 0 Å². The number of pyridine rings is 1. The monoisotopic (exact) mass is 283 g/mol. The average molecular weight is 283 g/mol. The minimum atomic E-state index is -0.0981. The number of H-pyrrole nitrogens is 1. The van der Waals surface area contributed by atoms with Crippen LogP contribution in [0.2, 0.25) is 0 Å². The van der Waals surface area contributed by atoms with Gasteiger partial charge in [-0.3, -0.25) is 4.79 Å². The predicted molar refractivity (Wildman–Crippen MR) is 80.9 cm³/mol. The first-order valence-corrected chi connectivity index (χ1v) is 7.18. The van der Waals surface area contributed by atoms with E-state index in [0.717, 1.165) is 10.5 Å². The van der Waals surface area contributed by atoms with Crippen LogP contribution in [0.1, 0.15) is 18.0 Å². The third kappa shape index (κ3) is 2.58. The second kappa shape index (κ2) is 5.46. The Labute approximate surface area is 120 Å². The Balaban J connectivity index is 1.96. The Kier molecular flexibility index (Phi) is 3.52. The second-order valence-corrected chi connectivity index (χ2v) is 5.76. The SMILES string of the molecule is CC(Sc1ccccn1)c1nc2ccccc2c(=O)[nH]1. The molecule has 0 aliphatic rings. The molecule has 4 nitrogen and oxygen atoms in total. The van der Waals surface area contributed by atoms with Crippen molar-refractivity contribution in [1.82, 2.24) is 15.0 Å². The summed E-state index contributed by atoms with van der Waals surface area (Å²) in [7, 11) is 0. The molecule has 1 aromatic carbocycles. The van der Waals surface area contributed by atoms with Crippen LogP contribution in [0.5, 0.6) is 0 Å². The van der Waals surface area contributed by atoms with Crippen LogP contribution in [0.3, 0.4) is 0 Å². The average Bonchev–Trinajstić information content (AvgIpc) is 2.48. The first-order valence-electron chi connectivity index (χ1n) is 6.31. The van der Waals surface area contributed by atoms with E-state index in [9.17, 15) is 4.79 Å². The zero-order chi connectivity index (χ0) is 13.9. The number of aromatic nitrogens is 3. The molecule has 0 fully saturated rings. The Morgan fingerprint density at radius 3 is 2.75 bits per heavy atom. The molecule has 3 rings (SSSR count). The third-order valence-electron chi connectivity index (χ3n) is 2.95. The lowest BCUT2D eigenvalue weighted by Gasteiger charge is -2.10. The van der Waals surface area contributed by atoms with E-state index >= 15 is 0 Å². The standard InChI is InChI=1S/C15H13N3OS/c1-10(20-13-8-4-5-9-16-13)14-17-12-7-3-2-6-11(12)15(19)18-14/h2-10H,1H3,(H,17,18,19). The summed E-state index contributed by atoms with van der Waals surface area (Å²) in [6.07, 6.45) is 1.76. The van der Waals surface area contributed by atoms with E-state index in [1.54, 1.807) is 24.0 Å². The molecule has 0 spiro atoms. The summed E-state index contributed by atoms with van der Waals surface area (Å²) in [4.78, 5) is 23.7. The highest BCUT2D eigenvalue weighted by Crippen LogP contribution is 2.31. The number of benzene rings is 1. The number of aromatic amines is 1. The van der Waals surface area contributed by atoms with Gasteiger partial charge in [0.05, 0.1) is 21.2 Å². The fourth-order valence-corrected chi connectivity index (χ4v) is 2.82. The lowest BCUT2D eigenvalue weighted by atomic mass is 10.2. The van der Waals surface area contributed by atoms with Crippen molar-refractivity contribution >= 4 is 22.7 Å².